The summed E-state index contributed by atoms with van der Waals surface area (Å²) in [5.41, 5.74) is 0.652. The molecule has 23 heavy (non-hydrogen) atoms. The van der Waals surface area contributed by atoms with Crippen LogP contribution >= 0.6 is 0 Å². The first-order valence-electron chi connectivity index (χ1n) is 7.46. The van der Waals surface area contributed by atoms with Crippen LogP contribution in [-0.4, -0.2) is 31.7 Å². The first-order valence-corrected chi connectivity index (χ1v) is 9.52. The maximum absolute atomic E-state index is 11.9. The van der Waals surface area contributed by atoms with Gasteiger partial charge in [0.05, 0.1) is 11.2 Å². The van der Waals surface area contributed by atoms with Crippen molar-refractivity contribution in [2.45, 2.75) is 38.0 Å². The highest BCUT2D eigenvalue weighted by molar-refractivity contribution is 7.89. The molecule has 126 valence electrons. The molecule has 0 aromatic heterocycles. The topological polar surface area (TPSA) is 101 Å². The normalized spacial score (nSPS) is 16.4. The van der Waals surface area contributed by atoms with Crippen molar-refractivity contribution in [2.75, 3.05) is 6.26 Å². The van der Waals surface area contributed by atoms with Crippen LogP contribution in [-0.2, 0) is 31.7 Å². The van der Waals surface area contributed by atoms with Gasteiger partial charge < -0.3 is 10.4 Å². The number of carboxylic acid groups (broad SMARTS) is 1. The van der Waals surface area contributed by atoms with E-state index < -0.39 is 21.2 Å². The largest absolute Gasteiger partial charge is 0.481 e. The van der Waals surface area contributed by atoms with E-state index in [1.54, 1.807) is 24.3 Å². The predicted octanol–water partition coefficient (Wildman–Crippen LogP) is 1.49. The predicted molar refractivity (Wildman–Crippen MR) is 85.4 cm³/mol. The maximum atomic E-state index is 11.9. The highest BCUT2D eigenvalue weighted by Crippen LogP contribution is 2.44. The van der Waals surface area contributed by atoms with E-state index in [2.05, 4.69) is 5.32 Å². The Morgan fingerprint density at radius 3 is 2.17 bits per heavy atom. The van der Waals surface area contributed by atoms with E-state index in [0.29, 0.717) is 24.9 Å². The molecule has 2 rings (SSSR count). The molecule has 1 saturated carbocycles. The molecule has 0 saturated heterocycles. The Morgan fingerprint density at radius 2 is 1.74 bits per heavy atom. The number of hydrogen-bond acceptors (Lipinski definition) is 4. The molecule has 0 atom stereocenters. The molecule has 0 heterocycles. The van der Waals surface area contributed by atoms with E-state index in [9.17, 15) is 23.1 Å². The molecule has 2 N–H and O–H groups in total. The maximum Gasteiger partial charge on any atom is 0.310 e. The number of carbonyl (C=O) groups excluding carboxylic acids is 1. The number of carboxylic acids is 1. The highest BCUT2D eigenvalue weighted by atomic mass is 32.2. The summed E-state index contributed by atoms with van der Waals surface area (Å²) in [7, 11) is -3.07. The third-order valence-electron chi connectivity index (χ3n) is 4.20. The van der Waals surface area contributed by atoms with E-state index in [-0.39, 0.29) is 18.1 Å². The Hall–Kier alpha value is -1.89. The molecular formula is C16H21NO5S. The molecule has 0 aliphatic heterocycles. The van der Waals surface area contributed by atoms with Crippen LogP contribution < -0.4 is 5.32 Å². The van der Waals surface area contributed by atoms with Crippen molar-refractivity contribution in [2.24, 2.45) is 5.41 Å². The zero-order valence-corrected chi connectivity index (χ0v) is 13.9. The molecule has 7 heteroatoms. The lowest BCUT2D eigenvalue weighted by molar-refractivity contribution is -0.157. The number of carbonyl (C=O) groups is 2. The van der Waals surface area contributed by atoms with Crippen LogP contribution in [0.2, 0.25) is 0 Å². The summed E-state index contributed by atoms with van der Waals surface area (Å²) < 4.78 is 22.4. The Labute approximate surface area is 135 Å². The molecule has 6 nitrogen and oxygen atoms in total. The Bertz CT molecular complexity index is 690. The summed E-state index contributed by atoms with van der Waals surface area (Å²) in [5.74, 6) is -1.18. The first-order chi connectivity index (χ1) is 10.7. The van der Waals surface area contributed by atoms with Gasteiger partial charge in [0.25, 0.3) is 0 Å². The smallest absolute Gasteiger partial charge is 0.310 e. The van der Waals surface area contributed by atoms with Crippen molar-refractivity contribution in [1.82, 2.24) is 5.32 Å². The molecular weight excluding hydrogens is 318 g/mol. The summed E-state index contributed by atoms with van der Waals surface area (Å²) in [5, 5.41) is 11.9. The van der Waals surface area contributed by atoms with Gasteiger partial charge in [-0.2, -0.15) is 0 Å². The summed E-state index contributed by atoms with van der Waals surface area (Å²) in [6.45, 7) is 0.299. The van der Waals surface area contributed by atoms with Crippen molar-refractivity contribution >= 4 is 21.7 Å². The summed E-state index contributed by atoms with van der Waals surface area (Å²) >= 11 is 0. The number of hydrogen-bond donors (Lipinski definition) is 2. The second-order valence-corrected chi connectivity index (χ2v) is 8.42. The van der Waals surface area contributed by atoms with Crippen molar-refractivity contribution < 1.29 is 23.1 Å². The molecule has 1 fully saturated rings. The SMILES string of the molecule is CS(=O)(=O)Cc1ccc(CNC(=O)CC2(C(=O)O)CCC2)cc1. The van der Waals surface area contributed by atoms with Crippen LogP contribution in [0.25, 0.3) is 0 Å². The molecule has 0 unspecified atom stereocenters. The number of sulfone groups is 1. The molecule has 1 aliphatic rings. The number of aliphatic carboxylic acids is 1. The Balaban J connectivity index is 1.86. The lowest BCUT2D eigenvalue weighted by atomic mass is 9.66. The Morgan fingerprint density at radius 1 is 1.17 bits per heavy atom. The standard InChI is InChI=1S/C16H21NO5S/c1-23(21,22)11-13-5-3-12(4-6-13)10-17-14(18)9-16(15(19)20)7-2-8-16/h3-6H,2,7-11H2,1H3,(H,17,18)(H,19,20). The van der Waals surface area contributed by atoms with Gasteiger partial charge in [0.1, 0.15) is 0 Å². The average Bonchev–Trinajstić information content (AvgIpc) is 2.40. The molecule has 0 radical (unpaired) electrons. The third-order valence-corrected chi connectivity index (χ3v) is 5.06. The van der Waals surface area contributed by atoms with Gasteiger partial charge in [-0.05, 0) is 24.0 Å². The number of amides is 1. The highest BCUT2D eigenvalue weighted by Gasteiger charge is 2.45. The quantitative estimate of drug-likeness (QED) is 0.784. The summed E-state index contributed by atoms with van der Waals surface area (Å²) in [6, 6.07) is 6.95. The molecule has 1 aliphatic carbocycles. The van der Waals surface area contributed by atoms with Crippen molar-refractivity contribution in [3.63, 3.8) is 0 Å². The van der Waals surface area contributed by atoms with Gasteiger partial charge in [0, 0.05) is 19.2 Å². The van der Waals surface area contributed by atoms with Gasteiger partial charge in [-0.25, -0.2) is 8.42 Å². The summed E-state index contributed by atoms with van der Waals surface area (Å²) in [6.07, 6.45) is 3.14. The fraction of sp³-hybridized carbons (Fsp3) is 0.500. The number of rotatable bonds is 7. The lowest BCUT2D eigenvalue weighted by Crippen LogP contribution is -2.42. The van der Waals surface area contributed by atoms with Gasteiger partial charge in [-0.15, -0.1) is 0 Å². The van der Waals surface area contributed by atoms with E-state index in [0.717, 1.165) is 12.0 Å². The fourth-order valence-electron chi connectivity index (χ4n) is 2.70. The molecule has 1 aromatic rings. The van der Waals surface area contributed by atoms with Gasteiger partial charge in [-0.3, -0.25) is 9.59 Å². The Kier molecular flexibility index (Phi) is 5.09. The van der Waals surface area contributed by atoms with Crippen molar-refractivity contribution in [3.05, 3.63) is 35.4 Å². The number of benzene rings is 1. The van der Waals surface area contributed by atoms with Gasteiger partial charge >= 0.3 is 5.97 Å². The lowest BCUT2D eigenvalue weighted by Gasteiger charge is -2.36. The molecule has 1 aromatic carbocycles. The average molecular weight is 339 g/mol. The van der Waals surface area contributed by atoms with Crippen LogP contribution in [0.4, 0.5) is 0 Å². The summed E-state index contributed by atoms with van der Waals surface area (Å²) in [4.78, 5) is 23.2. The van der Waals surface area contributed by atoms with Crippen LogP contribution in [0.1, 0.15) is 36.8 Å². The van der Waals surface area contributed by atoms with E-state index in [1.807, 2.05) is 0 Å². The second kappa shape index (κ2) is 6.70. The molecule has 0 bridgehead atoms. The van der Waals surface area contributed by atoms with Crippen molar-refractivity contribution in [1.29, 1.82) is 0 Å². The molecule has 0 spiro atoms. The van der Waals surface area contributed by atoms with E-state index in [1.165, 1.54) is 6.26 Å². The number of nitrogens with one attached hydrogen (secondary N) is 1. The van der Waals surface area contributed by atoms with Crippen LogP contribution in [0.15, 0.2) is 24.3 Å². The minimum Gasteiger partial charge on any atom is -0.481 e. The zero-order valence-electron chi connectivity index (χ0n) is 13.0. The fourth-order valence-corrected chi connectivity index (χ4v) is 3.49. The molecule has 1 amide bonds. The van der Waals surface area contributed by atoms with Crippen LogP contribution in [0, 0.1) is 5.41 Å². The van der Waals surface area contributed by atoms with Crippen molar-refractivity contribution in [3.8, 4) is 0 Å². The minimum absolute atomic E-state index is 0.00843. The van der Waals surface area contributed by atoms with Gasteiger partial charge in [-0.1, -0.05) is 30.7 Å². The first kappa shape index (κ1) is 17.5. The van der Waals surface area contributed by atoms with Gasteiger partial charge in [0.2, 0.25) is 5.91 Å². The van der Waals surface area contributed by atoms with Gasteiger partial charge in [0.15, 0.2) is 9.84 Å². The van der Waals surface area contributed by atoms with E-state index >= 15 is 0 Å². The monoisotopic (exact) mass is 339 g/mol. The minimum atomic E-state index is -3.07. The van der Waals surface area contributed by atoms with Crippen LogP contribution in [0.5, 0.6) is 0 Å². The van der Waals surface area contributed by atoms with Crippen LogP contribution in [0.3, 0.4) is 0 Å². The van der Waals surface area contributed by atoms with E-state index in [4.69, 9.17) is 0 Å². The third kappa shape index (κ3) is 4.79. The zero-order chi connectivity index (χ0) is 17.1. The second-order valence-electron chi connectivity index (χ2n) is 6.28.